The first-order valence-corrected chi connectivity index (χ1v) is 12.4. The van der Waals surface area contributed by atoms with Gasteiger partial charge in [-0.1, -0.05) is 20.8 Å². The third kappa shape index (κ3) is 4.08. The maximum Gasteiger partial charge on any atom is 0.229 e. The summed E-state index contributed by atoms with van der Waals surface area (Å²) in [6, 6.07) is 6.46. The minimum atomic E-state index is -0.624. The Kier molecular flexibility index (Phi) is 5.49. The lowest BCUT2D eigenvalue weighted by atomic mass is 9.95. The molecule has 0 unspecified atom stereocenters. The SMILES string of the molecule is CC(C)(C)C(=O)Nc1cncc(-c2ncc3[nH]nc(-c4nc5nccc(-c6ccc(F)s6)c5[nH]4)c3c2F)c1. The van der Waals surface area contributed by atoms with E-state index in [1.807, 2.05) is 0 Å². The van der Waals surface area contributed by atoms with Gasteiger partial charge in [-0.15, -0.1) is 11.3 Å². The zero-order chi connectivity index (χ0) is 26.6. The molecule has 0 radical (unpaired) electrons. The number of imidazole rings is 1. The van der Waals surface area contributed by atoms with Gasteiger partial charge in [-0.2, -0.15) is 9.49 Å². The van der Waals surface area contributed by atoms with E-state index < -0.39 is 11.2 Å². The molecule has 0 bridgehead atoms. The fourth-order valence-corrected chi connectivity index (χ4v) is 4.75. The molecule has 9 nitrogen and oxygen atoms in total. The second-order valence-electron chi connectivity index (χ2n) is 9.69. The number of halogens is 2. The van der Waals surface area contributed by atoms with Crippen molar-refractivity contribution in [1.29, 1.82) is 0 Å². The van der Waals surface area contributed by atoms with Crippen LogP contribution in [0.1, 0.15) is 20.8 Å². The van der Waals surface area contributed by atoms with Gasteiger partial charge in [-0.3, -0.25) is 19.9 Å². The van der Waals surface area contributed by atoms with Gasteiger partial charge < -0.3 is 10.3 Å². The minimum Gasteiger partial charge on any atom is -0.335 e. The first-order valence-electron chi connectivity index (χ1n) is 11.6. The second-order valence-corrected chi connectivity index (χ2v) is 10.7. The largest absolute Gasteiger partial charge is 0.335 e. The van der Waals surface area contributed by atoms with E-state index in [0.29, 0.717) is 38.6 Å². The number of amides is 1. The van der Waals surface area contributed by atoms with Gasteiger partial charge in [0.05, 0.1) is 34.5 Å². The number of nitrogens with zero attached hydrogens (tertiary/aromatic N) is 5. The van der Waals surface area contributed by atoms with Gasteiger partial charge >= 0.3 is 0 Å². The highest BCUT2D eigenvalue weighted by Crippen LogP contribution is 2.35. The number of rotatable bonds is 4. The predicted molar refractivity (Wildman–Crippen MR) is 141 cm³/mol. The Labute approximate surface area is 218 Å². The second kappa shape index (κ2) is 8.77. The number of aromatic nitrogens is 7. The maximum atomic E-state index is 16.0. The van der Waals surface area contributed by atoms with Gasteiger partial charge in [0.25, 0.3) is 0 Å². The molecule has 3 N–H and O–H groups in total. The fourth-order valence-electron chi connectivity index (χ4n) is 3.99. The van der Waals surface area contributed by atoms with Crippen LogP contribution in [-0.2, 0) is 4.79 Å². The average molecular weight is 531 g/mol. The van der Waals surface area contributed by atoms with Crippen LogP contribution < -0.4 is 5.32 Å². The molecule has 0 saturated carbocycles. The van der Waals surface area contributed by atoms with E-state index in [4.69, 9.17) is 0 Å². The fraction of sp³-hybridized carbons (Fsp3) is 0.154. The molecule has 0 saturated heterocycles. The Morgan fingerprint density at radius 3 is 2.66 bits per heavy atom. The van der Waals surface area contributed by atoms with Crippen molar-refractivity contribution in [3.8, 4) is 33.2 Å². The molecule has 6 aromatic heterocycles. The number of hydrogen-bond acceptors (Lipinski definition) is 7. The minimum absolute atomic E-state index is 0.0449. The molecule has 0 spiro atoms. The van der Waals surface area contributed by atoms with Crippen LogP contribution in [0.3, 0.4) is 0 Å². The van der Waals surface area contributed by atoms with Gasteiger partial charge in [-0.25, -0.2) is 14.4 Å². The zero-order valence-electron chi connectivity index (χ0n) is 20.4. The standard InChI is InChI=1S/C26H20F2N8OS/c1-26(2,3)25(37)32-13-8-12(9-29-10-13)20-19(28)18-15(11-31-20)35-36-22(18)24-33-21-14(6-7-30-23(21)34-24)16-4-5-17(27)38-16/h4-11H,1-3H3,(H,32,37)(H,35,36)(H,30,33,34). The van der Waals surface area contributed by atoms with Crippen molar-refractivity contribution in [3.05, 3.63) is 60.0 Å². The van der Waals surface area contributed by atoms with Gasteiger partial charge in [0.1, 0.15) is 11.4 Å². The zero-order valence-corrected chi connectivity index (χ0v) is 21.2. The van der Waals surface area contributed by atoms with Crippen LogP contribution in [0, 0.1) is 16.4 Å². The van der Waals surface area contributed by atoms with E-state index in [1.54, 1.807) is 45.2 Å². The summed E-state index contributed by atoms with van der Waals surface area (Å²) < 4.78 is 29.7. The lowest BCUT2D eigenvalue weighted by Gasteiger charge is -2.17. The van der Waals surface area contributed by atoms with E-state index >= 15 is 4.39 Å². The van der Waals surface area contributed by atoms with E-state index in [2.05, 4.69) is 40.4 Å². The van der Waals surface area contributed by atoms with Crippen LogP contribution in [0.4, 0.5) is 14.5 Å². The Hall–Kier alpha value is -4.58. The molecule has 0 aliphatic carbocycles. The molecule has 6 heterocycles. The molecular weight excluding hydrogens is 510 g/mol. The summed E-state index contributed by atoms with van der Waals surface area (Å²) in [7, 11) is 0. The van der Waals surface area contributed by atoms with Gasteiger partial charge in [0.15, 0.2) is 22.4 Å². The van der Waals surface area contributed by atoms with Crippen molar-refractivity contribution in [2.45, 2.75) is 20.8 Å². The van der Waals surface area contributed by atoms with Gasteiger partial charge in [0.2, 0.25) is 5.91 Å². The summed E-state index contributed by atoms with van der Waals surface area (Å²) >= 11 is 1.01. The number of carbonyl (C=O) groups excluding carboxylic acids is 1. The van der Waals surface area contributed by atoms with Crippen molar-refractivity contribution in [2.24, 2.45) is 5.41 Å². The van der Waals surface area contributed by atoms with Crippen LogP contribution in [-0.4, -0.2) is 41.0 Å². The third-order valence-corrected chi connectivity index (χ3v) is 6.86. The highest BCUT2D eigenvalue weighted by atomic mass is 32.1. The van der Waals surface area contributed by atoms with Crippen molar-refractivity contribution in [3.63, 3.8) is 0 Å². The summed E-state index contributed by atoms with van der Waals surface area (Å²) in [6.45, 7) is 5.39. The molecular formula is C26H20F2N8OS. The molecule has 6 aromatic rings. The Balaban J connectivity index is 1.44. The van der Waals surface area contributed by atoms with E-state index in [1.165, 1.54) is 24.7 Å². The molecule has 0 aliphatic heterocycles. The van der Waals surface area contributed by atoms with Crippen molar-refractivity contribution >= 4 is 45.0 Å². The molecule has 190 valence electrons. The topological polar surface area (TPSA) is 125 Å². The maximum absolute atomic E-state index is 16.0. The Bertz CT molecular complexity index is 1850. The Morgan fingerprint density at radius 2 is 1.89 bits per heavy atom. The summed E-state index contributed by atoms with van der Waals surface area (Å²) in [5, 5.41) is 9.77. The van der Waals surface area contributed by atoms with E-state index in [9.17, 15) is 9.18 Å². The molecule has 0 fully saturated rings. The smallest absolute Gasteiger partial charge is 0.229 e. The van der Waals surface area contributed by atoms with Crippen LogP contribution in [0.2, 0.25) is 0 Å². The summed E-state index contributed by atoms with van der Waals surface area (Å²) in [5.74, 6) is -0.523. The molecule has 0 atom stereocenters. The molecule has 1 amide bonds. The first kappa shape index (κ1) is 23.8. The number of nitrogens with one attached hydrogen (secondary N) is 3. The molecule has 0 aliphatic rings. The first-order chi connectivity index (χ1) is 18.2. The van der Waals surface area contributed by atoms with Crippen molar-refractivity contribution in [1.82, 2.24) is 35.1 Å². The van der Waals surface area contributed by atoms with E-state index in [-0.39, 0.29) is 27.8 Å². The number of pyridine rings is 3. The highest BCUT2D eigenvalue weighted by molar-refractivity contribution is 7.14. The number of anilines is 1. The lowest BCUT2D eigenvalue weighted by molar-refractivity contribution is -0.123. The normalized spacial score (nSPS) is 11.9. The average Bonchev–Trinajstić information content (AvgIpc) is 3.61. The van der Waals surface area contributed by atoms with Gasteiger partial charge in [-0.05, 0) is 24.3 Å². The number of hydrogen-bond donors (Lipinski definition) is 3. The number of fused-ring (bicyclic) bond motifs is 2. The molecule has 38 heavy (non-hydrogen) atoms. The number of thiophene rings is 1. The van der Waals surface area contributed by atoms with Crippen LogP contribution in [0.5, 0.6) is 0 Å². The Morgan fingerprint density at radius 1 is 1.05 bits per heavy atom. The quantitative estimate of drug-likeness (QED) is 0.259. The summed E-state index contributed by atoms with van der Waals surface area (Å²) in [6.07, 6.45) is 6.03. The van der Waals surface area contributed by atoms with Crippen LogP contribution >= 0.6 is 11.3 Å². The molecule has 12 heteroatoms. The number of H-pyrrole nitrogens is 2. The summed E-state index contributed by atoms with van der Waals surface area (Å²) in [4.78, 5) is 33.6. The predicted octanol–water partition coefficient (Wildman–Crippen LogP) is 5.95. The van der Waals surface area contributed by atoms with Gasteiger partial charge in [0, 0.05) is 33.8 Å². The molecule has 6 rings (SSSR count). The van der Waals surface area contributed by atoms with E-state index in [0.717, 1.165) is 16.9 Å². The van der Waals surface area contributed by atoms with Crippen LogP contribution in [0.15, 0.2) is 49.1 Å². The molecule has 0 aromatic carbocycles. The third-order valence-electron chi connectivity index (χ3n) is 5.95. The van der Waals surface area contributed by atoms with Crippen molar-refractivity contribution in [2.75, 3.05) is 5.32 Å². The lowest BCUT2D eigenvalue weighted by Crippen LogP contribution is -2.27. The number of carbonyl (C=O) groups is 1. The van der Waals surface area contributed by atoms with Crippen LogP contribution in [0.25, 0.3) is 55.3 Å². The highest BCUT2D eigenvalue weighted by Gasteiger charge is 2.23. The monoisotopic (exact) mass is 530 g/mol. The summed E-state index contributed by atoms with van der Waals surface area (Å²) in [5.41, 5.74) is 2.57. The number of aromatic amines is 2. The van der Waals surface area contributed by atoms with Crippen molar-refractivity contribution < 1.29 is 13.6 Å².